The third-order valence-corrected chi connectivity index (χ3v) is 4.90. The van der Waals surface area contributed by atoms with E-state index in [1.807, 2.05) is 30.8 Å². The lowest BCUT2D eigenvalue weighted by Gasteiger charge is -2.27. The number of halogens is 2. The summed E-state index contributed by atoms with van der Waals surface area (Å²) in [6, 6.07) is 11.0. The predicted molar refractivity (Wildman–Crippen MR) is 84.3 cm³/mol. The lowest BCUT2D eigenvalue weighted by molar-refractivity contribution is 0.626. The SMILES string of the molecule is Cc1ccc(F)cc1NC1CCSc2ccc(Cl)cc21. The van der Waals surface area contributed by atoms with Crippen LogP contribution in [0.25, 0.3) is 0 Å². The molecule has 20 heavy (non-hydrogen) atoms. The molecule has 3 rings (SSSR count). The van der Waals surface area contributed by atoms with Crippen LogP contribution >= 0.6 is 23.4 Å². The molecule has 0 spiro atoms. The van der Waals surface area contributed by atoms with Gasteiger partial charge in [-0.3, -0.25) is 0 Å². The van der Waals surface area contributed by atoms with E-state index >= 15 is 0 Å². The molecule has 1 aliphatic rings. The van der Waals surface area contributed by atoms with Gasteiger partial charge in [0.25, 0.3) is 0 Å². The largest absolute Gasteiger partial charge is 0.378 e. The molecule has 1 heterocycles. The summed E-state index contributed by atoms with van der Waals surface area (Å²) in [7, 11) is 0. The second-order valence-electron chi connectivity index (χ2n) is 4.98. The zero-order valence-electron chi connectivity index (χ0n) is 11.1. The number of rotatable bonds is 2. The molecular weight excluding hydrogens is 293 g/mol. The van der Waals surface area contributed by atoms with Crippen LogP contribution in [0.4, 0.5) is 10.1 Å². The molecule has 2 aromatic rings. The molecule has 0 fully saturated rings. The Morgan fingerprint density at radius 2 is 2.10 bits per heavy atom. The Balaban J connectivity index is 1.93. The Bertz CT molecular complexity index is 644. The van der Waals surface area contributed by atoms with Gasteiger partial charge in [-0.05, 0) is 54.8 Å². The Morgan fingerprint density at radius 3 is 2.95 bits per heavy atom. The molecule has 0 bridgehead atoms. The minimum absolute atomic E-state index is 0.186. The summed E-state index contributed by atoms with van der Waals surface area (Å²) in [4.78, 5) is 1.26. The van der Waals surface area contributed by atoms with Crippen LogP contribution in [0.5, 0.6) is 0 Å². The highest BCUT2D eigenvalue weighted by Crippen LogP contribution is 2.39. The molecule has 0 amide bonds. The van der Waals surface area contributed by atoms with E-state index in [-0.39, 0.29) is 11.9 Å². The molecule has 0 radical (unpaired) electrons. The van der Waals surface area contributed by atoms with Crippen molar-refractivity contribution in [3.05, 3.63) is 58.4 Å². The highest BCUT2D eigenvalue weighted by Gasteiger charge is 2.21. The topological polar surface area (TPSA) is 12.0 Å². The fraction of sp³-hybridized carbons (Fsp3) is 0.250. The normalized spacial score (nSPS) is 17.6. The van der Waals surface area contributed by atoms with Crippen LogP contribution in [-0.4, -0.2) is 5.75 Å². The van der Waals surface area contributed by atoms with E-state index in [9.17, 15) is 4.39 Å². The molecule has 1 atom stereocenters. The molecule has 0 aromatic heterocycles. The van der Waals surface area contributed by atoms with Gasteiger partial charge in [0.2, 0.25) is 0 Å². The van der Waals surface area contributed by atoms with Gasteiger partial charge < -0.3 is 5.32 Å². The number of benzene rings is 2. The van der Waals surface area contributed by atoms with E-state index in [0.29, 0.717) is 0 Å². The first-order valence-corrected chi connectivity index (χ1v) is 7.95. The summed E-state index contributed by atoms with van der Waals surface area (Å²) in [5, 5.41) is 4.21. The minimum atomic E-state index is -0.213. The standard InChI is InChI=1S/C16H15ClFNS/c1-10-2-4-12(18)9-15(10)19-14-6-7-20-16-5-3-11(17)8-13(14)16/h2-5,8-9,14,19H,6-7H2,1H3. The molecule has 1 N–H and O–H groups in total. The molecule has 1 nitrogen and oxygen atoms in total. The van der Waals surface area contributed by atoms with E-state index in [1.165, 1.54) is 16.5 Å². The second kappa shape index (κ2) is 5.66. The fourth-order valence-electron chi connectivity index (χ4n) is 2.45. The van der Waals surface area contributed by atoms with Crippen molar-refractivity contribution in [1.82, 2.24) is 0 Å². The summed E-state index contributed by atoms with van der Waals surface area (Å²) in [6.07, 6.45) is 1.01. The quantitative estimate of drug-likeness (QED) is 0.793. The monoisotopic (exact) mass is 307 g/mol. The zero-order valence-corrected chi connectivity index (χ0v) is 12.7. The number of nitrogens with one attached hydrogen (secondary N) is 1. The van der Waals surface area contributed by atoms with Crippen molar-refractivity contribution < 1.29 is 4.39 Å². The van der Waals surface area contributed by atoms with Crippen molar-refractivity contribution in [2.75, 3.05) is 11.1 Å². The summed E-state index contributed by atoms with van der Waals surface area (Å²) >= 11 is 7.95. The van der Waals surface area contributed by atoms with Gasteiger partial charge in [0.1, 0.15) is 5.82 Å². The van der Waals surface area contributed by atoms with E-state index < -0.39 is 0 Å². The van der Waals surface area contributed by atoms with Gasteiger partial charge >= 0.3 is 0 Å². The molecule has 0 saturated heterocycles. The smallest absolute Gasteiger partial charge is 0.125 e. The Morgan fingerprint density at radius 1 is 1.25 bits per heavy atom. The Hall–Kier alpha value is -1.19. The lowest BCUT2D eigenvalue weighted by atomic mass is 10.0. The van der Waals surface area contributed by atoms with Crippen LogP contribution in [0, 0.1) is 12.7 Å². The van der Waals surface area contributed by atoms with E-state index in [0.717, 1.165) is 28.4 Å². The number of fused-ring (bicyclic) bond motifs is 1. The number of hydrogen-bond donors (Lipinski definition) is 1. The maximum Gasteiger partial charge on any atom is 0.125 e. The molecule has 0 saturated carbocycles. The number of anilines is 1. The predicted octanol–water partition coefficient (Wildman–Crippen LogP) is 5.44. The van der Waals surface area contributed by atoms with E-state index in [1.54, 1.807) is 12.1 Å². The molecule has 104 valence electrons. The average molecular weight is 308 g/mol. The van der Waals surface area contributed by atoms with Gasteiger partial charge in [-0.15, -0.1) is 11.8 Å². The van der Waals surface area contributed by atoms with Crippen molar-refractivity contribution in [3.8, 4) is 0 Å². The maximum atomic E-state index is 13.4. The van der Waals surface area contributed by atoms with Crippen LogP contribution < -0.4 is 5.32 Å². The van der Waals surface area contributed by atoms with Crippen LogP contribution in [0.1, 0.15) is 23.6 Å². The summed E-state index contributed by atoms with van der Waals surface area (Å²) in [5.41, 5.74) is 3.11. The number of aryl methyl sites for hydroxylation is 1. The fourth-order valence-corrected chi connectivity index (χ4v) is 3.74. The zero-order chi connectivity index (χ0) is 14.1. The first kappa shape index (κ1) is 13.8. The third kappa shape index (κ3) is 2.79. The summed E-state index contributed by atoms with van der Waals surface area (Å²) in [6.45, 7) is 1.98. The van der Waals surface area contributed by atoms with Gasteiger partial charge in [-0.25, -0.2) is 4.39 Å². The molecule has 0 aliphatic carbocycles. The van der Waals surface area contributed by atoms with Gasteiger partial charge in [0.15, 0.2) is 0 Å². The van der Waals surface area contributed by atoms with Crippen molar-refractivity contribution in [3.63, 3.8) is 0 Å². The van der Waals surface area contributed by atoms with Crippen molar-refractivity contribution in [2.45, 2.75) is 24.3 Å². The maximum absolute atomic E-state index is 13.4. The molecular formula is C16H15ClFNS. The lowest BCUT2D eigenvalue weighted by Crippen LogP contribution is -2.16. The first-order valence-electron chi connectivity index (χ1n) is 6.58. The molecule has 2 aromatic carbocycles. The van der Waals surface area contributed by atoms with Crippen LogP contribution in [0.2, 0.25) is 5.02 Å². The average Bonchev–Trinajstić information content (AvgIpc) is 2.43. The van der Waals surface area contributed by atoms with Crippen LogP contribution in [0.3, 0.4) is 0 Å². The highest BCUT2D eigenvalue weighted by molar-refractivity contribution is 7.99. The number of thioether (sulfide) groups is 1. The van der Waals surface area contributed by atoms with Crippen molar-refractivity contribution >= 4 is 29.1 Å². The van der Waals surface area contributed by atoms with E-state index in [4.69, 9.17) is 11.6 Å². The highest BCUT2D eigenvalue weighted by atomic mass is 35.5. The molecule has 4 heteroatoms. The summed E-state index contributed by atoms with van der Waals surface area (Å²) in [5.74, 6) is 0.843. The molecule has 1 aliphatic heterocycles. The van der Waals surface area contributed by atoms with Crippen molar-refractivity contribution in [1.29, 1.82) is 0 Å². The third-order valence-electron chi connectivity index (χ3n) is 3.54. The van der Waals surface area contributed by atoms with Crippen molar-refractivity contribution in [2.24, 2.45) is 0 Å². The minimum Gasteiger partial charge on any atom is -0.378 e. The molecule has 1 unspecified atom stereocenters. The number of hydrogen-bond acceptors (Lipinski definition) is 2. The summed E-state index contributed by atoms with van der Waals surface area (Å²) < 4.78 is 13.4. The Labute approximate surface area is 127 Å². The Kier molecular flexibility index (Phi) is 3.90. The van der Waals surface area contributed by atoms with Gasteiger partial charge in [-0.1, -0.05) is 17.7 Å². The van der Waals surface area contributed by atoms with Gasteiger partial charge in [0.05, 0.1) is 6.04 Å². The first-order chi connectivity index (χ1) is 9.63. The van der Waals surface area contributed by atoms with Gasteiger partial charge in [-0.2, -0.15) is 0 Å². The van der Waals surface area contributed by atoms with E-state index in [2.05, 4.69) is 11.4 Å². The van der Waals surface area contributed by atoms with Crippen LogP contribution in [0.15, 0.2) is 41.3 Å². The van der Waals surface area contributed by atoms with Crippen LogP contribution in [-0.2, 0) is 0 Å². The second-order valence-corrected chi connectivity index (χ2v) is 6.55. The van der Waals surface area contributed by atoms with Gasteiger partial charge in [0, 0.05) is 21.4 Å².